The van der Waals surface area contributed by atoms with Crippen LogP contribution < -0.4 is 10.6 Å². The largest absolute Gasteiger partial charge is 0.357 e. The van der Waals surface area contributed by atoms with Crippen LogP contribution in [0.5, 0.6) is 0 Å². The van der Waals surface area contributed by atoms with E-state index in [-0.39, 0.29) is 5.82 Å². The van der Waals surface area contributed by atoms with Crippen molar-refractivity contribution in [2.75, 3.05) is 31.6 Å². The van der Waals surface area contributed by atoms with Crippen LogP contribution in [0.2, 0.25) is 0 Å². The van der Waals surface area contributed by atoms with E-state index >= 15 is 0 Å². The van der Waals surface area contributed by atoms with Crippen LogP contribution in [0.15, 0.2) is 23.2 Å². The third kappa shape index (κ3) is 7.32. The van der Waals surface area contributed by atoms with Crippen LogP contribution in [0.1, 0.15) is 18.9 Å². The van der Waals surface area contributed by atoms with Gasteiger partial charge in [-0.1, -0.05) is 0 Å². The lowest BCUT2D eigenvalue weighted by atomic mass is 10.1. The van der Waals surface area contributed by atoms with Gasteiger partial charge in [-0.2, -0.15) is 11.8 Å². The van der Waals surface area contributed by atoms with Gasteiger partial charge in [0.2, 0.25) is 0 Å². The van der Waals surface area contributed by atoms with E-state index in [0.29, 0.717) is 18.5 Å². The number of thioether (sulfide) groups is 1. The van der Waals surface area contributed by atoms with E-state index in [0.717, 1.165) is 43.4 Å². The van der Waals surface area contributed by atoms with Gasteiger partial charge >= 0.3 is 0 Å². The van der Waals surface area contributed by atoms with Crippen LogP contribution >= 0.6 is 11.8 Å². The van der Waals surface area contributed by atoms with Crippen molar-refractivity contribution in [3.8, 4) is 0 Å². The van der Waals surface area contributed by atoms with E-state index in [2.05, 4.69) is 21.9 Å². The van der Waals surface area contributed by atoms with Crippen molar-refractivity contribution in [1.29, 1.82) is 0 Å². The molecule has 2 N–H and O–H groups in total. The molecule has 0 spiro atoms. The van der Waals surface area contributed by atoms with Crippen LogP contribution in [0.3, 0.4) is 0 Å². The molecule has 0 saturated carbocycles. The molecule has 0 aliphatic heterocycles. The van der Waals surface area contributed by atoms with Gasteiger partial charge in [0.25, 0.3) is 0 Å². The van der Waals surface area contributed by atoms with Gasteiger partial charge < -0.3 is 10.6 Å². The van der Waals surface area contributed by atoms with Crippen LogP contribution in [0.25, 0.3) is 0 Å². The van der Waals surface area contributed by atoms with E-state index in [1.54, 1.807) is 11.8 Å². The Balaban J connectivity index is 2.43. The SMILES string of the molecule is CCNC(=NCCCSC)NCCc1cc(F)ccc1F. The van der Waals surface area contributed by atoms with Crippen molar-refractivity contribution < 1.29 is 8.78 Å². The molecule has 1 rings (SSSR count). The number of aliphatic imine (C=N–C) groups is 1. The zero-order valence-corrected chi connectivity index (χ0v) is 13.4. The molecular weight excluding hydrogens is 292 g/mol. The molecular formula is C15H23F2N3S. The molecule has 118 valence electrons. The normalized spacial score (nSPS) is 11.5. The molecule has 0 aliphatic rings. The Hall–Kier alpha value is -1.30. The van der Waals surface area contributed by atoms with Crippen molar-refractivity contribution in [2.24, 2.45) is 4.99 Å². The summed E-state index contributed by atoms with van der Waals surface area (Å²) in [4.78, 5) is 4.44. The molecule has 1 aromatic carbocycles. The lowest BCUT2D eigenvalue weighted by Crippen LogP contribution is -2.38. The van der Waals surface area contributed by atoms with E-state index < -0.39 is 5.82 Å². The zero-order valence-electron chi connectivity index (χ0n) is 12.6. The topological polar surface area (TPSA) is 36.4 Å². The lowest BCUT2D eigenvalue weighted by Gasteiger charge is -2.11. The fraction of sp³-hybridized carbons (Fsp3) is 0.533. The summed E-state index contributed by atoms with van der Waals surface area (Å²) < 4.78 is 26.6. The number of benzene rings is 1. The molecule has 3 nitrogen and oxygen atoms in total. The van der Waals surface area contributed by atoms with Gasteiger partial charge in [-0.3, -0.25) is 4.99 Å². The van der Waals surface area contributed by atoms with Gasteiger partial charge in [0.1, 0.15) is 11.6 Å². The molecule has 0 atom stereocenters. The minimum atomic E-state index is -0.413. The monoisotopic (exact) mass is 315 g/mol. The molecule has 0 bridgehead atoms. The number of halogens is 2. The molecule has 0 aliphatic carbocycles. The summed E-state index contributed by atoms with van der Waals surface area (Å²) in [5.74, 6) is 1.01. The molecule has 0 fully saturated rings. The van der Waals surface area contributed by atoms with Crippen molar-refractivity contribution in [2.45, 2.75) is 19.8 Å². The van der Waals surface area contributed by atoms with Gasteiger partial charge in [0.05, 0.1) is 0 Å². The summed E-state index contributed by atoms with van der Waals surface area (Å²) in [6.45, 7) is 4.02. The predicted octanol–water partition coefficient (Wildman–Crippen LogP) is 2.82. The third-order valence-electron chi connectivity index (χ3n) is 2.82. The molecule has 0 unspecified atom stereocenters. The van der Waals surface area contributed by atoms with Gasteiger partial charge in [-0.15, -0.1) is 0 Å². The van der Waals surface area contributed by atoms with E-state index in [1.165, 1.54) is 6.07 Å². The van der Waals surface area contributed by atoms with E-state index in [1.807, 2.05) is 6.92 Å². The van der Waals surface area contributed by atoms with Crippen LogP contribution in [0, 0.1) is 11.6 Å². The lowest BCUT2D eigenvalue weighted by molar-refractivity contribution is 0.583. The number of nitrogens with one attached hydrogen (secondary N) is 2. The first-order valence-corrected chi connectivity index (χ1v) is 8.51. The average molecular weight is 315 g/mol. The minimum Gasteiger partial charge on any atom is -0.357 e. The van der Waals surface area contributed by atoms with E-state index in [4.69, 9.17) is 0 Å². The fourth-order valence-corrected chi connectivity index (χ4v) is 2.21. The maximum Gasteiger partial charge on any atom is 0.191 e. The number of guanidine groups is 1. The van der Waals surface area contributed by atoms with Crippen LogP contribution in [-0.4, -0.2) is 37.6 Å². The predicted molar refractivity (Wildman–Crippen MR) is 87.0 cm³/mol. The van der Waals surface area contributed by atoms with Crippen LogP contribution in [0.4, 0.5) is 8.78 Å². The number of nitrogens with zero attached hydrogens (tertiary/aromatic N) is 1. The highest BCUT2D eigenvalue weighted by Gasteiger charge is 2.04. The molecule has 0 amide bonds. The summed E-state index contributed by atoms with van der Waals surface area (Å²) in [5, 5.41) is 6.27. The first kappa shape index (κ1) is 17.8. The number of rotatable bonds is 8. The van der Waals surface area contributed by atoms with Gasteiger partial charge in [-0.25, -0.2) is 8.78 Å². The molecule has 0 saturated heterocycles. The Morgan fingerprint density at radius 1 is 1.29 bits per heavy atom. The average Bonchev–Trinajstić information content (AvgIpc) is 2.47. The standard InChI is InChI=1S/C15H23F2N3S/c1-3-18-15(19-8-4-10-21-2)20-9-7-12-11-13(16)5-6-14(12)17/h5-6,11H,3-4,7-10H2,1-2H3,(H2,18,19,20). The zero-order chi connectivity index (χ0) is 15.5. The smallest absolute Gasteiger partial charge is 0.191 e. The number of hydrogen-bond donors (Lipinski definition) is 2. The summed E-state index contributed by atoms with van der Waals surface area (Å²) in [5.41, 5.74) is 0.376. The van der Waals surface area contributed by atoms with Crippen molar-refractivity contribution in [1.82, 2.24) is 10.6 Å². The molecule has 0 radical (unpaired) electrons. The highest BCUT2D eigenvalue weighted by atomic mass is 32.2. The second kappa shape index (κ2) is 10.4. The fourth-order valence-electron chi connectivity index (χ4n) is 1.79. The summed E-state index contributed by atoms with van der Waals surface area (Å²) in [6, 6.07) is 3.52. The Kier molecular flexibility index (Phi) is 8.82. The van der Waals surface area contributed by atoms with Gasteiger partial charge in [0, 0.05) is 19.6 Å². The number of hydrogen-bond acceptors (Lipinski definition) is 2. The second-order valence-electron chi connectivity index (χ2n) is 4.52. The summed E-state index contributed by atoms with van der Waals surface area (Å²) in [7, 11) is 0. The molecule has 0 aromatic heterocycles. The Labute approximate surface area is 129 Å². The highest BCUT2D eigenvalue weighted by Crippen LogP contribution is 2.09. The highest BCUT2D eigenvalue weighted by molar-refractivity contribution is 7.98. The van der Waals surface area contributed by atoms with Crippen molar-refractivity contribution in [3.63, 3.8) is 0 Å². The maximum atomic E-state index is 13.5. The van der Waals surface area contributed by atoms with E-state index in [9.17, 15) is 8.78 Å². The molecule has 1 aromatic rings. The first-order valence-electron chi connectivity index (χ1n) is 7.12. The van der Waals surface area contributed by atoms with Crippen LogP contribution in [-0.2, 0) is 6.42 Å². The second-order valence-corrected chi connectivity index (χ2v) is 5.51. The van der Waals surface area contributed by atoms with Gasteiger partial charge in [-0.05, 0) is 55.5 Å². The molecule has 21 heavy (non-hydrogen) atoms. The third-order valence-corrected chi connectivity index (χ3v) is 3.51. The minimum absolute atomic E-state index is 0.375. The maximum absolute atomic E-state index is 13.5. The quantitative estimate of drug-likeness (QED) is 0.440. The van der Waals surface area contributed by atoms with Crippen molar-refractivity contribution >= 4 is 17.7 Å². The summed E-state index contributed by atoms with van der Waals surface area (Å²) in [6.07, 6.45) is 3.51. The Morgan fingerprint density at radius 2 is 2.10 bits per heavy atom. The Bertz CT molecular complexity index is 453. The Morgan fingerprint density at radius 3 is 2.81 bits per heavy atom. The van der Waals surface area contributed by atoms with Gasteiger partial charge in [0.15, 0.2) is 5.96 Å². The van der Waals surface area contributed by atoms with Crippen molar-refractivity contribution in [3.05, 3.63) is 35.4 Å². The summed E-state index contributed by atoms with van der Waals surface area (Å²) >= 11 is 1.80. The molecule has 0 heterocycles. The molecule has 6 heteroatoms. The first-order chi connectivity index (χ1) is 10.2.